The highest BCUT2D eigenvalue weighted by Crippen LogP contribution is 2.49. The van der Waals surface area contributed by atoms with E-state index in [1.165, 1.54) is 44.9 Å². The van der Waals surface area contributed by atoms with E-state index in [0.29, 0.717) is 17.9 Å². The minimum atomic E-state index is 0.199. The smallest absolute Gasteiger partial charge is 0.223 e. The van der Waals surface area contributed by atoms with Gasteiger partial charge in [-0.3, -0.25) is 4.79 Å². The number of fused-ring (bicyclic) bond motifs is 2. The van der Waals surface area contributed by atoms with Crippen LogP contribution >= 0.6 is 0 Å². The molecule has 1 amide bonds. The number of aliphatic hydroxyl groups excluding tert-OH is 1. The van der Waals surface area contributed by atoms with E-state index in [9.17, 15) is 4.79 Å². The third-order valence-electron chi connectivity index (χ3n) is 5.71. The second kappa shape index (κ2) is 5.82. The highest BCUT2D eigenvalue weighted by Gasteiger charge is 2.41. The highest BCUT2D eigenvalue weighted by molar-refractivity contribution is 5.77. The molecule has 3 aliphatic carbocycles. The zero-order valence-corrected chi connectivity index (χ0v) is 11.9. The Balaban J connectivity index is 1.54. The van der Waals surface area contributed by atoms with Gasteiger partial charge in [-0.05, 0) is 62.7 Å². The molecule has 0 aromatic carbocycles. The van der Waals surface area contributed by atoms with E-state index in [1.807, 2.05) is 0 Å². The van der Waals surface area contributed by atoms with Crippen LogP contribution in [0.3, 0.4) is 0 Å². The van der Waals surface area contributed by atoms with Crippen molar-refractivity contribution in [3.63, 3.8) is 0 Å². The van der Waals surface area contributed by atoms with Gasteiger partial charge in [0.2, 0.25) is 5.91 Å². The number of hydrogen-bond acceptors (Lipinski definition) is 2. The molecule has 0 heterocycles. The van der Waals surface area contributed by atoms with Crippen LogP contribution in [0, 0.1) is 17.8 Å². The summed E-state index contributed by atoms with van der Waals surface area (Å²) in [5.41, 5.74) is 0. The Bertz CT molecular complexity index is 327. The minimum absolute atomic E-state index is 0.199. The lowest BCUT2D eigenvalue weighted by atomic mass is 9.85. The number of rotatable bonds is 6. The first-order chi connectivity index (χ1) is 9.28. The van der Waals surface area contributed by atoms with Crippen LogP contribution in [-0.2, 0) is 4.79 Å². The van der Waals surface area contributed by atoms with E-state index in [0.717, 1.165) is 31.2 Å². The molecule has 3 rings (SSSR count). The summed E-state index contributed by atoms with van der Waals surface area (Å²) < 4.78 is 0. The van der Waals surface area contributed by atoms with E-state index >= 15 is 0 Å². The Kier molecular flexibility index (Phi) is 4.11. The molecule has 0 spiro atoms. The van der Waals surface area contributed by atoms with Crippen molar-refractivity contribution in [3.8, 4) is 0 Å². The summed E-state index contributed by atoms with van der Waals surface area (Å²) >= 11 is 0. The summed E-state index contributed by atoms with van der Waals surface area (Å²) in [5, 5.41) is 9.00. The van der Waals surface area contributed by atoms with Crippen LogP contribution in [0.1, 0.15) is 57.8 Å². The van der Waals surface area contributed by atoms with Gasteiger partial charge in [0.25, 0.3) is 0 Å². The number of aliphatic hydroxyl groups is 1. The summed E-state index contributed by atoms with van der Waals surface area (Å²) in [6, 6.07) is 0.484. The Hall–Kier alpha value is -0.570. The van der Waals surface area contributed by atoms with E-state index in [1.54, 1.807) is 0 Å². The zero-order valence-electron chi connectivity index (χ0n) is 11.9. The molecule has 0 aliphatic heterocycles. The first-order valence-corrected chi connectivity index (χ1v) is 8.18. The first-order valence-electron chi connectivity index (χ1n) is 8.18. The van der Waals surface area contributed by atoms with Gasteiger partial charge in [-0.2, -0.15) is 0 Å². The van der Waals surface area contributed by atoms with E-state index in [2.05, 4.69) is 4.90 Å². The minimum Gasteiger partial charge on any atom is -0.396 e. The molecule has 19 heavy (non-hydrogen) atoms. The SMILES string of the molecule is O=C(CC1CC2CCC1C2)N(CCCO)C1CCC1. The van der Waals surface area contributed by atoms with Crippen LogP contribution in [0.2, 0.25) is 0 Å². The van der Waals surface area contributed by atoms with Gasteiger partial charge in [-0.15, -0.1) is 0 Å². The summed E-state index contributed by atoms with van der Waals surface area (Å²) in [7, 11) is 0. The van der Waals surface area contributed by atoms with Crippen LogP contribution in [-0.4, -0.2) is 35.1 Å². The topological polar surface area (TPSA) is 40.5 Å². The fourth-order valence-electron chi connectivity index (χ4n) is 4.42. The number of carbonyl (C=O) groups is 1. The number of hydrogen-bond donors (Lipinski definition) is 1. The second-order valence-corrected chi connectivity index (χ2v) is 6.89. The number of carbonyl (C=O) groups excluding carboxylic acids is 1. The Labute approximate surface area is 116 Å². The monoisotopic (exact) mass is 265 g/mol. The van der Waals surface area contributed by atoms with Crippen LogP contribution < -0.4 is 0 Å². The molecule has 3 aliphatic rings. The van der Waals surface area contributed by atoms with E-state index in [4.69, 9.17) is 5.11 Å². The fourth-order valence-corrected chi connectivity index (χ4v) is 4.42. The summed E-state index contributed by atoms with van der Waals surface area (Å²) in [4.78, 5) is 14.6. The quantitative estimate of drug-likeness (QED) is 0.802. The predicted molar refractivity (Wildman–Crippen MR) is 74.6 cm³/mol. The molecule has 3 saturated carbocycles. The van der Waals surface area contributed by atoms with Gasteiger partial charge in [0.1, 0.15) is 0 Å². The lowest BCUT2D eigenvalue weighted by Crippen LogP contribution is -2.45. The molecule has 3 unspecified atom stereocenters. The van der Waals surface area contributed by atoms with E-state index in [-0.39, 0.29) is 6.61 Å². The van der Waals surface area contributed by atoms with Crippen LogP contribution in [0.15, 0.2) is 0 Å². The number of nitrogens with zero attached hydrogens (tertiary/aromatic N) is 1. The maximum absolute atomic E-state index is 12.6. The molecular formula is C16H27NO2. The van der Waals surface area contributed by atoms with Crippen molar-refractivity contribution >= 4 is 5.91 Å². The lowest BCUT2D eigenvalue weighted by Gasteiger charge is -2.38. The fraction of sp³-hybridized carbons (Fsp3) is 0.938. The average molecular weight is 265 g/mol. The molecule has 1 N–H and O–H groups in total. The van der Waals surface area contributed by atoms with Crippen molar-refractivity contribution in [3.05, 3.63) is 0 Å². The van der Waals surface area contributed by atoms with Crippen LogP contribution in [0.25, 0.3) is 0 Å². The van der Waals surface area contributed by atoms with Crippen LogP contribution in [0.5, 0.6) is 0 Å². The summed E-state index contributed by atoms with van der Waals surface area (Å²) in [5.74, 6) is 2.81. The molecule has 0 aromatic heterocycles. The molecule has 0 radical (unpaired) electrons. The standard InChI is InChI=1S/C16H27NO2/c18-8-2-7-17(15-3-1-4-15)16(19)11-14-10-12-5-6-13(14)9-12/h12-15,18H,1-11H2. The highest BCUT2D eigenvalue weighted by atomic mass is 16.3. The molecule has 3 nitrogen and oxygen atoms in total. The Morgan fingerprint density at radius 3 is 2.53 bits per heavy atom. The molecule has 3 atom stereocenters. The summed E-state index contributed by atoms with van der Waals surface area (Å²) in [6.07, 6.45) is 10.6. The largest absolute Gasteiger partial charge is 0.396 e. The van der Waals surface area contributed by atoms with Crippen molar-refractivity contribution in [2.75, 3.05) is 13.2 Å². The molecule has 3 fully saturated rings. The third kappa shape index (κ3) is 2.81. The van der Waals surface area contributed by atoms with Gasteiger partial charge in [0, 0.05) is 25.6 Å². The van der Waals surface area contributed by atoms with Gasteiger partial charge in [0.15, 0.2) is 0 Å². The first kappa shape index (κ1) is 13.4. The van der Waals surface area contributed by atoms with Crippen molar-refractivity contribution in [2.45, 2.75) is 63.8 Å². The molecule has 0 saturated heterocycles. The van der Waals surface area contributed by atoms with Crippen molar-refractivity contribution < 1.29 is 9.90 Å². The molecule has 108 valence electrons. The second-order valence-electron chi connectivity index (χ2n) is 6.89. The average Bonchev–Trinajstić information content (AvgIpc) is 2.93. The third-order valence-corrected chi connectivity index (χ3v) is 5.71. The maximum Gasteiger partial charge on any atom is 0.223 e. The van der Waals surface area contributed by atoms with Gasteiger partial charge in [0.05, 0.1) is 0 Å². The van der Waals surface area contributed by atoms with E-state index < -0.39 is 0 Å². The normalized spacial score (nSPS) is 33.4. The molecule has 3 heteroatoms. The zero-order chi connectivity index (χ0) is 13.2. The van der Waals surface area contributed by atoms with Gasteiger partial charge < -0.3 is 10.0 Å². The van der Waals surface area contributed by atoms with Crippen LogP contribution in [0.4, 0.5) is 0 Å². The van der Waals surface area contributed by atoms with Gasteiger partial charge in [-0.25, -0.2) is 0 Å². The van der Waals surface area contributed by atoms with Crippen molar-refractivity contribution in [1.82, 2.24) is 4.90 Å². The molecular weight excluding hydrogens is 238 g/mol. The van der Waals surface area contributed by atoms with Gasteiger partial charge >= 0.3 is 0 Å². The lowest BCUT2D eigenvalue weighted by molar-refractivity contribution is -0.136. The van der Waals surface area contributed by atoms with Gasteiger partial charge in [-0.1, -0.05) is 6.42 Å². The molecule has 0 aromatic rings. The van der Waals surface area contributed by atoms with Crippen molar-refractivity contribution in [1.29, 1.82) is 0 Å². The van der Waals surface area contributed by atoms with Crippen molar-refractivity contribution in [2.24, 2.45) is 17.8 Å². The Morgan fingerprint density at radius 1 is 1.16 bits per heavy atom. The predicted octanol–water partition coefficient (Wildman–Crippen LogP) is 2.58. The maximum atomic E-state index is 12.6. The number of amides is 1. The summed E-state index contributed by atoms with van der Waals surface area (Å²) in [6.45, 7) is 0.964. The molecule has 2 bridgehead atoms. The Morgan fingerprint density at radius 2 is 2.00 bits per heavy atom.